The molecule has 0 unspecified atom stereocenters. The van der Waals surface area contributed by atoms with Crippen LogP contribution in [0.5, 0.6) is 0 Å². The Morgan fingerprint density at radius 2 is 2.00 bits per heavy atom. The molecule has 0 fully saturated rings. The Balaban J connectivity index is 2.23. The molecule has 0 bridgehead atoms. The maximum absolute atomic E-state index is 10.4. The monoisotopic (exact) mass is 265 g/mol. The standard InChI is InChI=1S/C10H8ClN5O2/c11-8-2-1-6(12)3-9(8)15-10-13-4-7(5-14-10)16(17)18/h1-5H,12H2,(H,13,14,15). The fourth-order valence-electron chi connectivity index (χ4n) is 1.24. The zero-order valence-electron chi connectivity index (χ0n) is 9.00. The summed E-state index contributed by atoms with van der Waals surface area (Å²) < 4.78 is 0. The molecule has 7 nitrogen and oxygen atoms in total. The predicted octanol–water partition coefficient (Wildman–Crippen LogP) is 2.36. The van der Waals surface area contributed by atoms with Gasteiger partial charge in [-0.15, -0.1) is 0 Å². The van der Waals surface area contributed by atoms with Crippen molar-refractivity contribution in [2.75, 3.05) is 11.1 Å². The number of nitrogens with zero attached hydrogens (tertiary/aromatic N) is 3. The van der Waals surface area contributed by atoms with E-state index in [9.17, 15) is 10.1 Å². The number of benzene rings is 1. The van der Waals surface area contributed by atoms with Crippen molar-refractivity contribution < 1.29 is 4.92 Å². The minimum atomic E-state index is -0.572. The summed E-state index contributed by atoms with van der Waals surface area (Å²) in [5, 5.41) is 13.7. The molecular weight excluding hydrogens is 258 g/mol. The van der Waals surface area contributed by atoms with Crippen molar-refractivity contribution in [2.24, 2.45) is 0 Å². The van der Waals surface area contributed by atoms with Crippen molar-refractivity contribution in [1.82, 2.24) is 9.97 Å². The third-order valence-corrected chi connectivity index (χ3v) is 2.42. The Labute approximate surface area is 107 Å². The number of hydrogen-bond acceptors (Lipinski definition) is 6. The summed E-state index contributed by atoms with van der Waals surface area (Å²) in [6.45, 7) is 0. The normalized spacial score (nSPS) is 10.1. The Morgan fingerprint density at radius 1 is 1.33 bits per heavy atom. The van der Waals surface area contributed by atoms with Crippen LogP contribution in [0.4, 0.5) is 23.0 Å². The van der Waals surface area contributed by atoms with E-state index in [-0.39, 0.29) is 11.6 Å². The van der Waals surface area contributed by atoms with Gasteiger partial charge in [0, 0.05) is 5.69 Å². The fraction of sp³-hybridized carbons (Fsp3) is 0. The lowest BCUT2D eigenvalue weighted by Gasteiger charge is -2.06. The quantitative estimate of drug-likeness (QED) is 0.501. The van der Waals surface area contributed by atoms with Gasteiger partial charge in [0.15, 0.2) is 0 Å². The average Bonchev–Trinajstić information content (AvgIpc) is 2.34. The van der Waals surface area contributed by atoms with Crippen LogP contribution in [0.25, 0.3) is 0 Å². The summed E-state index contributed by atoms with van der Waals surface area (Å²) in [5.74, 6) is 0.202. The molecule has 0 spiro atoms. The Hall–Kier alpha value is -2.41. The third kappa shape index (κ3) is 2.64. The van der Waals surface area contributed by atoms with Crippen molar-refractivity contribution in [3.63, 3.8) is 0 Å². The number of halogens is 1. The molecular formula is C10H8ClN5O2. The highest BCUT2D eigenvalue weighted by molar-refractivity contribution is 6.33. The Bertz CT molecular complexity index is 587. The zero-order valence-corrected chi connectivity index (χ0v) is 9.76. The van der Waals surface area contributed by atoms with Crippen LogP contribution in [-0.4, -0.2) is 14.9 Å². The van der Waals surface area contributed by atoms with Crippen LogP contribution in [0.2, 0.25) is 5.02 Å². The first-order chi connectivity index (χ1) is 8.56. The number of aromatic nitrogens is 2. The van der Waals surface area contributed by atoms with Crippen LogP contribution in [0, 0.1) is 10.1 Å². The maximum atomic E-state index is 10.4. The molecule has 18 heavy (non-hydrogen) atoms. The molecule has 2 rings (SSSR count). The van der Waals surface area contributed by atoms with Crippen molar-refractivity contribution in [2.45, 2.75) is 0 Å². The summed E-state index contributed by atoms with van der Waals surface area (Å²) in [6.07, 6.45) is 2.21. The molecule has 0 saturated carbocycles. The van der Waals surface area contributed by atoms with Gasteiger partial charge in [-0.3, -0.25) is 10.1 Å². The van der Waals surface area contributed by atoms with Gasteiger partial charge in [0.25, 0.3) is 0 Å². The van der Waals surface area contributed by atoms with E-state index >= 15 is 0 Å². The van der Waals surface area contributed by atoms with E-state index in [1.165, 1.54) is 0 Å². The molecule has 0 aliphatic heterocycles. The number of nitrogen functional groups attached to an aromatic ring is 1. The molecule has 0 radical (unpaired) electrons. The lowest BCUT2D eigenvalue weighted by atomic mass is 10.3. The summed E-state index contributed by atoms with van der Waals surface area (Å²) in [5.41, 5.74) is 6.50. The molecule has 1 aromatic heterocycles. The molecule has 2 aromatic rings. The van der Waals surface area contributed by atoms with Gasteiger partial charge in [-0.05, 0) is 18.2 Å². The second-order valence-corrected chi connectivity index (χ2v) is 3.79. The van der Waals surface area contributed by atoms with Gasteiger partial charge < -0.3 is 11.1 Å². The lowest BCUT2D eigenvalue weighted by Crippen LogP contribution is -1.99. The molecule has 0 aliphatic carbocycles. The van der Waals surface area contributed by atoms with Gasteiger partial charge in [0.2, 0.25) is 5.95 Å². The van der Waals surface area contributed by atoms with Gasteiger partial charge in [-0.2, -0.15) is 0 Å². The molecule has 8 heteroatoms. The Kier molecular flexibility index (Phi) is 3.24. The molecule has 92 valence electrons. The first kappa shape index (κ1) is 12.1. The van der Waals surface area contributed by atoms with Gasteiger partial charge in [-0.25, -0.2) is 9.97 Å². The highest BCUT2D eigenvalue weighted by Crippen LogP contribution is 2.26. The van der Waals surface area contributed by atoms with E-state index in [0.29, 0.717) is 16.4 Å². The van der Waals surface area contributed by atoms with E-state index in [2.05, 4.69) is 15.3 Å². The van der Waals surface area contributed by atoms with Crippen LogP contribution in [0.1, 0.15) is 0 Å². The average molecular weight is 266 g/mol. The van der Waals surface area contributed by atoms with Crippen LogP contribution in [-0.2, 0) is 0 Å². The first-order valence-corrected chi connectivity index (χ1v) is 5.22. The van der Waals surface area contributed by atoms with Crippen LogP contribution in [0.15, 0.2) is 30.6 Å². The van der Waals surface area contributed by atoms with E-state index in [0.717, 1.165) is 12.4 Å². The number of nitro groups is 1. The molecule has 0 saturated heterocycles. The predicted molar refractivity (Wildman–Crippen MR) is 67.8 cm³/mol. The van der Waals surface area contributed by atoms with Crippen molar-refractivity contribution in [3.8, 4) is 0 Å². The Morgan fingerprint density at radius 3 is 2.61 bits per heavy atom. The molecule has 0 atom stereocenters. The maximum Gasteiger partial charge on any atom is 0.305 e. The summed E-state index contributed by atoms with van der Waals surface area (Å²) in [7, 11) is 0. The molecule has 0 aliphatic rings. The highest BCUT2D eigenvalue weighted by Gasteiger charge is 2.08. The van der Waals surface area contributed by atoms with Crippen LogP contribution in [0.3, 0.4) is 0 Å². The van der Waals surface area contributed by atoms with E-state index in [1.54, 1.807) is 18.2 Å². The van der Waals surface area contributed by atoms with E-state index in [4.69, 9.17) is 17.3 Å². The minimum absolute atomic E-state index is 0.181. The summed E-state index contributed by atoms with van der Waals surface area (Å²) >= 11 is 5.95. The summed E-state index contributed by atoms with van der Waals surface area (Å²) in [4.78, 5) is 17.5. The number of nitrogens with two attached hydrogens (primary N) is 1. The highest BCUT2D eigenvalue weighted by atomic mass is 35.5. The lowest BCUT2D eigenvalue weighted by molar-refractivity contribution is -0.385. The molecule has 0 amide bonds. The number of nitrogens with one attached hydrogen (secondary N) is 1. The van der Waals surface area contributed by atoms with Crippen molar-refractivity contribution in [3.05, 3.63) is 45.7 Å². The van der Waals surface area contributed by atoms with Crippen molar-refractivity contribution in [1.29, 1.82) is 0 Å². The third-order valence-electron chi connectivity index (χ3n) is 2.09. The van der Waals surface area contributed by atoms with E-state index < -0.39 is 4.92 Å². The van der Waals surface area contributed by atoms with Crippen LogP contribution >= 0.6 is 11.6 Å². The largest absolute Gasteiger partial charge is 0.399 e. The molecule has 1 heterocycles. The second kappa shape index (κ2) is 4.84. The van der Waals surface area contributed by atoms with Gasteiger partial charge in [-0.1, -0.05) is 11.6 Å². The van der Waals surface area contributed by atoms with Gasteiger partial charge in [0.1, 0.15) is 12.4 Å². The SMILES string of the molecule is Nc1ccc(Cl)c(Nc2ncc([N+](=O)[O-])cn2)c1. The molecule has 3 N–H and O–H groups in total. The van der Waals surface area contributed by atoms with E-state index in [1.807, 2.05) is 0 Å². The minimum Gasteiger partial charge on any atom is -0.399 e. The fourth-order valence-corrected chi connectivity index (χ4v) is 1.40. The first-order valence-electron chi connectivity index (χ1n) is 4.85. The summed E-state index contributed by atoms with van der Waals surface area (Å²) in [6, 6.07) is 4.90. The number of anilines is 3. The molecule has 1 aromatic carbocycles. The van der Waals surface area contributed by atoms with Gasteiger partial charge in [0.05, 0.1) is 15.6 Å². The van der Waals surface area contributed by atoms with Crippen molar-refractivity contribution >= 4 is 34.6 Å². The topological polar surface area (TPSA) is 107 Å². The second-order valence-electron chi connectivity index (χ2n) is 3.39. The van der Waals surface area contributed by atoms with Crippen LogP contribution < -0.4 is 11.1 Å². The number of rotatable bonds is 3. The number of hydrogen-bond donors (Lipinski definition) is 2. The smallest absolute Gasteiger partial charge is 0.305 e. The zero-order chi connectivity index (χ0) is 13.1. The van der Waals surface area contributed by atoms with Gasteiger partial charge >= 0.3 is 5.69 Å².